The summed E-state index contributed by atoms with van der Waals surface area (Å²) < 4.78 is -0.535. The highest BCUT2D eigenvalue weighted by atomic mass is 32.2. The van der Waals surface area contributed by atoms with Crippen molar-refractivity contribution >= 4 is 29.5 Å². The third-order valence-electron chi connectivity index (χ3n) is 6.39. The van der Waals surface area contributed by atoms with E-state index in [9.17, 15) is 19.5 Å². The van der Waals surface area contributed by atoms with Gasteiger partial charge in [-0.25, -0.2) is 0 Å². The van der Waals surface area contributed by atoms with Crippen LogP contribution in [0.15, 0.2) is 54.6 Å². The lowest BCUT2D eigenvalue weighted by molar-refractivity contribution is -0.147. The minimum atomic E-state index is -1.48. The van der Waals surface area contributed by atoms with Crippen LogP contribution in [-0.2, 0) is 27.3 Å². The number of hydrogen-bond donors (Lipinski definition) is 3. The fraction of sp³-hybridized carbons (Fsp3) is 0.444. The second-order valence-corrected chi connectivity index (χ2v) is 11.0. The number of benzene rings is 2. The van der Waals surface area contributed by atoms with Gasteiger partial charge in [-0.05, 0) is 43.9 Å². The van der Waals surface area contributed by atoms with Gasteiger partial charge in [-0.2, -0.15) is 0 Å². The van der Waals surface area contributed by atoms with Gasteiger partial charge in [0.25, 0.3) is 5.91 Å². The van der Waals surface area contributed by atoms with Crippen LogP contribution in [0, 0.1) is 6.92 Å². The van der Waals surface area contributed by atoms with Crippen molar-refractivity contribution in [1.29, 1.82) is 0 Å². The van der Waals surface area contributed by atoms with E-state index in [0.717, 1.165) is 16.7 Å². The quantitative estimate of drug-likeness (QED) is 0.495. The second kappa shape index (κ2) is 11.7. The molecule has 3 atom stereocenters. The van der Waals surface area contributed by atoms with E-state index in [2.05, 4.69) is 10.6 Å². The Bertz CT molecular complexity index is 1040. The van der Waals surface area contributed by atoms with E-state index in [-0.39, 0.29) is 24.1 Å². The first-order valence-corrected chi connectivity index (χ1v) is 12.9. The van der Waals surface area contributed by atoms with Crippen molar-refractivity contribution in [2.45, 2.75) is 70.0 Å². The van der Waals surface area contributed by atoms with Crippen molar-refractivity contribution in [2.24, 2.45) is 0 Å². The number of amides is 3. The summed E-state index contributed by atoms with van der Waals surface area (Å²) in [4.78, 5) is 40.4. The molecule has 3 rings (SSSR count). The van der Waals surface area contributed by atoms with Gasteiger partial charge >= 0.3 is 0 Å². The summed E-state index contributed by atoms with van der Waals surface area (Å²) >= 11 is 1.49. The van der Waals surface area contributed by atoms with E-state index in [1.165, 1.54) is 16.7 Å². The molecule has 2 aromatic carbocycles. The highest BCUT2D eigenvalue weighted by Gasteiger charge is 2.49. The number of aliphatic hydroxyl groups is 1. The first-order valence-electron chi connectivity index (χ1n) is 11.9. The molecule has 1 unspecified atom stereocenters. The van der Waals surface area contributed by atoms with Gasteiger partial charge in [0.05, 0.1) is 11.9 Å². The third-order valence-corrected chi connectivity index (χ3v) is 7.77. The van der Waals surface area contributed by atoms with Crippen molar-refractivity contribution in [3.63, 3.8) is 0 Å². The lowest BCUT2D eigenvalue weighted by atomic mass is 9.97. The van der Waals surface area contributed by atoms with Crippen LogP contribution < -0.4 is 10.6 Å². The number of nitrogens with one attached hydrogen (secondary N) is 2. The molecule has 1 aliphatic rings. The maximum atomic E-state index is 13.5. The molecule has 0 radical (unpaired) electrons. The maximum absolute atomic E-state index is 13.5. The van der Waals surface area contributed by atoms with Crippen LogP contribution in [-0.4, -0.2) is 56.5 Å². The zero-order valence-corrected chi connectivity index (χ0v) is 21.6. The van der Waals surface area contributed by atoms with Crippen LogP contribution >= 0.6 is 11.8 Å². The Morgan fingerprint density at radius 2 is 1.77 bits per heavy atom. The number of nitrogens with zero attached hydrogens (tertiary/aromatic N) is 1. The lowest BCUT2D eigenvalue weighted by Gasteiger charge is -2.33. The molecule has 35 heavy (non-hydrogen) atoms. The largest absolute Gasteiger partial charge is 0.381 e. The van der Waals surface area contributed by atoms with Crippen molar-refractivity contribution in [3.8, 4) is 0 Å². The predicted molar refractivity (Wildman–Crippen MR) is 139 cm³/mol. The Kier molecular flexibility index (Phi) is 8.97. The van der Waals surface area contributed by atoms with E-state index in [1.807, 2.05) is 75.4 Å². The normalized spacial score (nSPS) is 18.5. The minimum absolute atomic E-state index is 0.239. The average molecular weight is 498 g/mol. The lowest BCUT2D eigenvalue weighted by Crippen LogP contribution is -2.58. The van der Waals surface area contributed by atoms with Crippen LogP contribution in [0.25, 0.3) is 0 Å². The molecule has 7 nitrogen and oxygen atoms in total. The maximum Gasteiger partial charge on any atom is 0.254 e. The van der Waals surface area contributed by atoms with Crippen molar-refractivity contribution in [3.05, 3.63) is 71.3 Å². The highest BCUT2D eigenvalue weighted by molar-refractivity contribution is 8.00. The number of hydrogen-bond acceptors (Lipinski definition) is 5. The fourth-order valence-electron chi connectivity index (χ4n) is 4.26. The van der Waals surface area contributed by atoms with Crippen molar-refractivity contribution in [1.82, 2.24) is 15.5 Å². The Balaban J connectivity index is 1.77. The molecule has 2 aromatic rings. The molecule has 8 heteroatoms. The van der Waals surface area contributed by atoms with Crippen LogP contribution in [0.4, 0.5) is 0 Å². The third kappa shape index (κ3) is 6.64. The average Bonchev–Trinajstić information content (AvgIpc) is 3.17. The number of aryl methyl sites for hydroxylation is 1. The standard InChI is InChI=1S/C27H35N3O4S/c1-5-22(31)29-21(15-19-12-7-6-8-13-19)23(32)26(34)30-17-35-27(3,4)24(30)25(33)28-16-20-14-10-9-11-18(20)2/h6-14,21,23-24,32H,5,15-17H2,1-4H3,(H,28,33)(H,29,31)/t21?,23-,24+/m0/s1. The molecule has 0 spiro atoms. The number of thioether (sulfide) groups is 1. The summed E-state index contributed by atoms with van der Waals surface area (Å²) in [5.41, 5.74) is 2.98. The predicted octanol–water partition coefficient (Wildman–Crippen LogP) is 2.79. The van der Waals surface area contributed by atoms with Crippen LogP contribution in [0.1, 0.15) is 43.9 Å². The van der Waals surface area contributed by atoms with Gasteiger partial charge in [-0.3, -0.25) is 14.4 Å². The van der Waals surface area contributed by atoms with Gasteiger partial charge in [0.2, 0.25) is 11.8 Å². The molecule has 0 aliphatic carbocycles. The molecule has 1 heterocycles. The van der Waals surface area contributed by atoms with Crippen molar-refractivity contribution in [2.75, 3.05) is 5.88 Å². The zero-order valence-electron chi connectivity index (χ0n) is 20.8. The molecule has 188 valence electrons. The molecule has 1 saturated heterocycles. The summed E-state index contributed by atoms with van der Waals surface area (Å²) in [6.07, 6.45) is -0.941. The van der Waals surface area contributed by atoms with Gasteiger partial charge in [0.15, 0.2) is 6.10 Å². The highest BCUT2D eigenvalue weighted by Crippen LogP contribution is 2.40. The number of carbonyl (C=O) groups is 3. The SMILES string of the molecule is CCC(=O)NC(Cc1ccccc1)[C@H](O)C(=O)N1CSC(C)(C)[C@H]1C(=O)NCc1ccccc1C. The number of carbonyl (C=O) groups excluding carboxylic acids is 3. The molecule has 1 aliphatic heterocycles. The van der Waals surface area contributed by atoms with E-state index in [0.29, 0.717) is 13.0 Å². The fourth-order valence-corrected chi connectivity index (χ4v) is 5.40. The second-order valence-electron chi connectivity index (χ2n) is 9.39. The molecular formula is C27H35N3O4S. The number of rotatable bonds is 9. The van der Waals surface area contributed by atoms with E-state index in [1.54, 1.807) is 6.92 Å². The van der Waals surface area contributed by atoms with E-state index in [4.69, 9.17) is 0 Å². The molecular weight excluding hydrogens is 462 g/mol. The smallest absolute Gasteiger partial charge is 0.254 e. The summed E-state index contributed by atoms with van der Waals surface area (Å²) in [5, 5.41) is 16.9. The topological polar surface area (TPSA) is 98.7 Å². The van der Waals surface area contributed by atoms with Crippen LogP contribution in [0.2, 0.25) is 0 Å². The van der Waals surface area contributed by atoms with Crippen LogP contribution in [0.3, 0.4) is 0 Å². The first kappa shape index (κ1) is 26.8. The summed E-state index contributed by atoms with van der Waals surface area (Å²) in [5.74, 6) is -0.788. The van der Waals surface area contributed by atoms with Gasteiger partial charge in [-0.15, -0.1) is 11.8 Å². The van der Waals surface area contributed by atoms with Gasteiger partial charge < -0.3 is 20.6 Å². The van der Waals surface area contributed by atoms with E-state index >= 15 is 0 Å². The number of aliphatic hydroxyl groups excluding tert-OH is 1. The molecule has 3 N–H and O–H groups in total. The van der Waals surface area contributed by atoms with Crippen LogP contribution in [0.5, 0.6) is 0 Å². The van der Waals surface area contributed by atoms with Gasteiger partial charge in [-0.1, -0.05) is 61.5 Å². The summed E-state index contributed by atoms with van der Waals surface area (Å²) in [7, 11) is 0. The van der Waals surface area contributed by atoms with Crippen molar-refractivity contribution < 1.29 is 19.5 Å². The minimum Gasteiger partial charge on any atom is -0.381 e. The molecule has 0 saturated carbocycles. The Labute approximate surface area is 211 Å². The summed E-state index contributed by atoms with van der Waals surface area (Å²) in [6.45, 7) is 7.92. The Morgan fingerprint density at radius 3 is 2.43 bits per heavy atom. The Hall–Kier alpha value is -2.84. The molecule has 3 amide bonds. The van der Waals surface area contributed by atoms with Gasteiger partial charge in [0, 0.05) is 17.7 Å². The summed E-state index contributed by atoms with van der Waals surface area (Å²) in [6, 6.07) is 15.7. The van der Waals surface area contributed by atoms with E-state index < -0.39 is 28.8 Å². The Morgan fingerprint density at radius 1 is 1.11 bits per heavy atom. The first-order chi connectivity index (χ1) is 16.6. The monoisotopic (exact) mass is 497 g/mol. The molecule has 0 aromatic heterocycles. The van der Waals surface area contributed by atoms with Gasteiger partial charge in [0.1, 0.15) is 6.04 Å². The zero-order chi connectivity index (χ0) is 25.6. The molecule has 1 fully saturated rings. The molecule has 0 bridgehead atoms.